The summed E-state index contributed by atoms with van der Waals surface area (Å²) in [5.74, 6) is 1.36. The first-order chi connectivity index (χ1) is 15.9. The maximum Gasteiger partial charge on any atom is 0.225 e. The molecule has 0 saturated carbocycles. The summed E-state index contributed by atoms with van der Waals surface area (Å²) in [4.78, 5) is 14.2. The third-order valence-corrected chi connectivity index (χ3v) is 5.58. The summed E-state index contributed by atoms with van der Waals surface area (Å²) in [6.07, 6.45) is 0.375. The Morgan fingerprint density at radius 2 is 2.06 bits per heavy atom. The number of benzene rings is 2. The van der Waals surface area contributed by atoms with E-state index >= 15 is 0 Å². The molecule has 1 saturated heterocycles. The molecule has 0 atom stereocenters. The normalized spacial score (nSPS) is 13.9. The lowest BCUT2D eigenvalue weighted by Crippen LogP contribution is -2.53. The van der Waals surface area contributed by atoms with Crippen molar-refractivity contribution in [2.45, 2.75) is 46.4 Å². The lowest BCUT2D eigenvalue weighted by molar-refractivity contribution is -0.130. The zero-order valence-corrected chi connectivity index (χ0v) is 19.6. The molecule has 0 aliphatic carbocycles. The molecule has 1 N–H and O–H groups in total. The molecule has 3 rings (SSSR count). The van der Waals surface area contributed by atoms with Crippen LogP contribution in [-0.2, 0) is 17.9 Å². The van der Waals surface area contributed by atoms with E-state index in [0.717, 1.165) is 36.5 Å². The zero-order valence-electron chi connectivity index (χ0n) is 19.6. The second-order valence-electron chi connectivity index (χ2n) is 8.71. The van der Waals surface area contributed by atoms with Crippen LogP contribution < -0.4 is 14.8 Å². The van der Waals surface area contributed by atoms with Gasteiger partial charge in [-0.2, -0.15) is 5.26 Å². The zero-order chi connectivity index (χ0) is 23.8. The fourth-order valence-corrected chi connectivity index (χ4v) is 3.74. The fraction of sp³-hybridized carbons (Fsp3) is 0.462. The third kappa shape index (κ3) is 6.93. The van der Waals surface area contributed by atoms with E-state index in [2.05, 4.69) is 29.3 Å². The molecule has 7 heteroatoms. The average molecular weight is 454 g/mol. The number of amides is 1. The third-order valence-electron chi connectivity index (χ3n) is 5.58. The predicted octanol–water partition coefficient (Wildman–Crippen LogP) is 4.14. The highest BCUT2D eigenvalue weighted by molar-refractivity contribution is 5.80. The van der Waals surface area contributed by atoms with Gasteiger partial charge in [0, 0.05) is 26.2 Å². The van der Waals surface area contributed by atoms with Crippen molar-refractivity contribution in [3.63, 3.8) is 0 Å². The number of nitrogens with one attached hydrogen (secondary N) is 1. The van der Waals surface area contributed by atoms with Gasteiger partial charge < -0.3 is 14.8 Å². The summed E-state index contributed by atoms with van der Waals surface area (Å²) < 4.78 is 23.8. The number of carbonyl (C=O) groups excluding carboxylic acids is 1. The molecule has 2 aromatic rings. The summed E-state index contributed by atoms with van der Waals surface area (Å²) in [7, 11) is 0. The van der Waals surface area contributed by atoms with Gasteiger partial charge in [-0.25, -0.2) is 0 Å². The summed E-state index contributed by atoms with van der Waals surface area (Å²) in [5, 5.41) is 12.2. The Balaban J connectivity index is 1.49. The maximum atomic E-state index is 12.1. The molecule has 2 aromatic carbocycles. The number of carbonyl (C=O) groups is 1. The van der Waals surface area contributed by atoms with Crippen molar-refractivity contribution in [2.75, 3.05) is 26.3 Å². The van der Waals surface area contributed by atoms with Gasteiger partial charge >= 0.3 is 0 Å². The number of alkyl halides is 1. The Bertz CT molecular complexity index is 997. The fourth-order valence-electron chi connectivity index (χ4n) is 3.74. The van der Waals surface area contributed by atoms with Gasteiger partial charge in [0.1, 0.15) is 24.2 Å². The molecule has 1 aliphatic rings. The minimum Gasteiger partial charge on any atom is -0.490 e. The van der Waals surface area contributed by atoms with Crippen molar-refractivity contribution in [1.29, 1.82) is 5.26 Å². The van der Waals surface area contributed by atoms with Gasteiger partial charge in [0.05, 0.1) is 24.3 Å². The van der Waals surface area contributed by atoms with E-state index in [1.54, 1.807) is 6.07 Å². The summed E-state index contributed by atoms with van der Waals surface area (Å²) >= 11 is 0. The highest BCUT2D eigenvalue weighted by Gasteiger charge is 2.32. The topological polar surface area (TPSA) is 74.6 Å². The highest BCUT2D eigenvalue weighted by Crippen LogP contribution is 2.25. The Kier molecular flexibility index (Phi) is 8.67. The number of rotatable bonds is 11. The molecule has 6 nitrogen and oxygen atoms in total. The van der Waals surface area contributed by atoms with E-state index in [9.17, 15) is 14.4 Å². The Labute approximate surface area is 195 Å². The van der Waals surface area contributed by atoms with Gasteiger partial charge in [-0.05, 0) is 68.1 Å². The van der Waals surface area contributed by atoms with E-state index in [0.29, 0.717) is 30.9 Å². The number of hydrogen-bond acceptors (Lipinski definition) is 5. The van der Waals surface area contributed by atoms with Crippen molar-refractivity contribution < 1.29 is 18.7 Å². The van der Waals surface area contributed by atoms with Gasteiger partial charge in [0.2, 0.25) is 5.91 Å². The first-order valence-electron chi connectivity index (χ1n) is 11.4. The van der Waals surface area contributed by atoms with E-state index in [1.165, 1.54) is 5.56 Å². The molecular weight excluding hydrogens is 421 g/mol. The van der Waals surface area contributed by atoms with Crippen molar-refractivity contribution >= 4 is 5.91 Å². The lowest BCUT2D eigenvalue weighted by atomic mass is 9.97. The number of ether oxygens (including phenoxy) is 2. The number of nitriles is 1. The molecular formula is C26H32FN3O3. The first kappa shape index (κ1) is 24.5. The quantitative estimate of drug-likeness (QED) is 0.518. The number of nitrogens with zero attached hydrogens (tertiary/aromatic N) is 2. The maximum absolute atomic E-state index is 12.1. The van der Waals surface area contributed by atoms with Crippen molar-refractivity contribution in [1.82, 2.24) is 10.2 Å². The molecule has 0 spiro atoms. The van der Waals surface area contributed by atoms with E-state index < -0.39 is 6.67 Å². The van der Waals surface area contributed by atoms with E-state index in [4.69, 9.17) is 9.47 Å². The van der Waals surface area contributed by atoms with Gasteiger partial charge in [0.15, 0.2) is 0 Å². The minimum absolute atomic E-state index is 0.00685. The molecule has 0 bridgehead atoms. The molecule has 0 unspecified atom stereocenters. The second kappa shape index (κ2) is 11.7. The molecule has 0 aromatic heterocycles. The standard InChI is InChI=1S/C26H32FN3O3/c1-18(2)33-25-8-5-20(12-22(25)13-28)17-32-24-7-6-21(19(3)11-24)14-30-15-23(16-30)26(31)29-10-4-9-27/h5-8,11-12,18,23H,4,9-10,14-17H2,1-3H3,(H,29,31). The molecule has 176 valence electrons. The number of halogens is 1. The van der Waals surface area contributed by atoms with E-state index in [1.807, 2.05) is 38.1 Å². The van der Waals surface area contributed by atoms with Crippen LogP contribution in [0.3, 0.4) is 0 Å². The predicted molar refractivity (Wildman–Crippen MR) is 125 cm³/mol. The van der Waals surface area contributed by atoms with Crippen LogP contribution in [-0.4, -0.2) is 43.2 Å². The van der Waals surface area contributed by atoms with Crippen molar-refractivity contribution in [3.05, 3.63) is 58.7 Å². The molecule has 33 heavy (non-hydrogen) atoms. The summed E-state index contributed by atoms with van der Waals surface area (Å²) in [6, 6.07) is 13.7. The van der Waals surface area contributed by atoms with Crippen LogP contribution in [0, 0.1) is 24.2 Å². The monoisotopic (exact) mass is 453 g/mol. The molecule has 1 amide bonds. The van der Waals surface area contributed by atoms with E-state index in [-0.39, 0.29) is 17.9 Å². The molecule has 1 fully saturated rings. The van der Waals surface area contributed by atoms with Gasteiger partial charge in [-0.15, -0.1) is 0 Å². The lowest BCUT2D eigenvalue weighted by Gasteiger charge is -2.38. The van der Waals surface area contributed by atoms with Crippen molar-refractivity contribution in [3.8, 4) is 17.6 Å². The minimum atomic E-state index is -0.406. The van der Waals surface area contributed by atoms with Crippen LogP contribution in [0.15, 0.2) is 36.4 Å². The average Bonchev–Trinajstić information content (AvgIpc) is 2.76. The van der Waals surface area contributed by atoms with Crippen LogP contribution in [0.25, 0.3) is 0 Å². The van der Waals surface area contributed by atoms with Crippen molar-refractivity contribution in [2.24, 2.45) is 5.92 Å². The highest BCUT2D eigenvalue weighted by atomic mass is 19.1. The Morgan fingerprint density at radius 1 is 1.27 bits per heavy atom. The summed E-state index contributed by atoms with van der Waals surface area (Å²) in [5.41, 5.74) is 3.73. The van der Waals surface area contributed by atoms with Crippen LogP contribution in [0.4, 0.5) is 4.39 Å². The van der Waals surface area contributed by atoms with Crippen LogP contribution >= 0.6 is 0 Å². The Morgan fingerprint density at radius 3 is 2.73 bits per heavy atom. The second-order valence-corrected chi connectivity index (χ2v) is 8.71. The van der Waals surface area contributed by atoms with Crippen LogP contribution in [0.5, 0.6) is 11.5 Å². The van der Waals surface area contributed by atoms with Gasteiger partial charge in [0.25, 0.3) is 0 Å². The smallest absolute Gasteiger partial charge is 0.225 e. The Hall–Kier alpha value is -3.11. The number of aryl methyl sites for hydroxylation is 1. The summed E-state index contributed by atoms with van der Waals surface area (Å²) in [6.45, 7) is 8.49. The molecule has 1 heterocycles. The molecule has 0 radical (unpaired) electrons. The van der Waals surface area contributed by atoms with Gasteiger partial charge in [-0.3, -0.25) is 14.1 Å². The van der Waals surface area contributed by atoms with Gasteiger partial charge in [-0.1, -0.05) is 12.1 Å². The van der Waals surface area contributed by atoms with Crippen LogP contribution in [0.1, 0.15) is 42.5 Å². The van der Waals surface area contributed by atoms with Crippen LogP contribution in [0.2, 0.25) is 0 Å². The largest absolute Gasteiger partial charge is 0.490 e. The molecule has 1 aliphatic heterocycles. The first-order valence-corrected chi connectivity index (χ1v) is 11.4. The number of hydrogen-bond donors (Lipinski definition) is 1. The number of likely N-dealkylation sites (tertiary alicyclic amines) is 1. The SMILES string of the molecule is Cc1cc(OCc2ccc(OC(C)C)c(C#N)c2)ccc1CN1CC(C(=O)NCCCF)C1.